The van der Waals surface area contributed by atoms with E-state index in [4.69, 9.17) is 60.3 Å². The summed E-state index contributed by atoms with van der Waals surface area (Å²) in [5.74, 6) is 0. The van der Waals surface area contributed by atoms with Crippen LogP contribution in [0.2, 0.25) is 0 Å². The molecule has 0 aliphatic rings. The molecule has 17 heteroatoms. The van der Waals surface area contributed by atoms with Gasteiger partial charge in [-0.2, -0.15) is 0 Å². The normalized spacial score (nSPS) is 6.35. The van der Waals surface area contributed by atoms with Crippen molar-refractivity contribution < 1.29 is 81.4 Å². The van der Waals surface area contributed by atoms with Gasteiger partial charge in [0, 0.05) is 21.1 Å². The van der Waals surface area contributed by atoms with Crippen LogP contribution < -0.4 is 0 Å². The van der Waals surface area contributed by atoms with Crippen LogP contribution in [0, 0.1) is 0 Å². The quantitative estimate of drug-likeness (QED) is 0.160. The summed E-state index contributed by atoms with van der Waals surface area (Å²) in [6, 6.07) is 0. The molecule has 0 bridgehead atoms. The smallest absolute Gasteiger partial charge is 0.402 e. The average Bonchev–Trinajstić information content (AvgIpc) is 1.76. The predicted octanol–water partition coefficient (Wildman–Crippen LogP) is -8.21. The van der Waals surface area contributed by atoms with E-state index in [0.717, 1.165) is 0 Å². The first kappa shape index (κ1) is 30.5. The van der Waals surface area contributed by atoms with Gasteiger partial charge in [-0.25, -0.2) is 0 Å². The van der Waals surface area contributed by atoms with Crippen molar-refractivity contribution in [1.82, 2.24) is 0 Å². The standard InChI is InChI=1S/4BH3O3.W/c4*2-1(3)4;/h4*2-4H;. The second kappa shape index (κ2) is 25.3. The Labute approximate surface area is 111 Å². The number of rotatable bonds is 0. The molecule has 0 saturated carbocycles. The van der Waals surface area contributed by atoms with Crippen molar-refractivity contribution in [3.63, 3.8) is 0 Å². The minimum atomic E-state index is -2.17. The molecule has 0 aromatic heterocycles. The second-order valence-corrected chi connectivity index (χ2v) is 1.39. The molecule has 102 valence electrons. The molecule has 0 amide bonds. The third kappa shape index (κ3) is 15700. The summed E-state index contributed by atoms with van der Waals surface area (Å²) in [6.45, 7) is 0. The summed E-state index contributed by atoms with van der Waals surface area (Å²) < 4.78 is 0. The average molecular weight is 431 g/mol. The summed E-state index contributed by atoms with van der Waals surface area (Å²) in [7, 11) is -8.67. The molecule has 0 aromatic carbocycles. The molecule has 17 heavy (non-hydrogen) atoms. The van der Waals surface area contributed by atoms with E-state index in [0.29, 0.717) is 0 Å². The number of hydrogen-bond acceptors (Lipinski definition) is 12. The zero-order chi connectivity index (χ0) is 14.3. The van der Waals surface area contributed by atoms with Gasteiger partial charge in [-0.1, -0.05) is 0 Å². The first-order chi connectivity index (χ1) is 6.93. The van der Waals surface area contributed by atoms with E-state index >= 15 is 0 Å². The van der Waals surface area contributed by atoms with E-state index in [1.165, 1.54) is 0 Å². The zero-order valence-corrected chi connectivity index (χ0v) is 11.0. The van der Waals surface area contributed by atoms with Gasteiger partial charge in [-0.15, -0.1) is 0 Å². The Hall–Kier alpha value is 0.468. The summed E-state index contributed by atoms with van der Waals surface area (Å²) in [6.07, 6.45) is 0. The Morgan fingerprint density at radius 1 is 0.294 bits per heavy atom. The van der Waals surface area contributed by atoms with Crippen LogP contribution in [0.4, 0.5) is 0 Å². The second-order valence-electron chi connectivity index (χ2n) is 1.39. The van der Waals surface area contributed by atoms with Gasteiger partial charge in [0.15, 0.2) is 0 Å². The van der Waals surface area contributed by atoms with E-state index < -0.39 is 29.3 Å². The molecule has 0 unspecified atom stereocenters. The minimum absolute atomic E-state index is 0. The molecular formula is H12B4O12W. The van der Waals surface area contributed by atoms with E-state index in [2.05, 4.69) is 0 Å². The molecule has 0 spiro atoms. The minimum Gasteiger partial charge on any atom is -0.402 e. The van der Waals surface area contributed by atoms with E-state index in [1.807, 2.05) is 0 Å². The molecule has 0 aliphatic heterocycles. The Morgan fingerprint density at radius 2 is 0.294 bits per heavy atom. The largest absolute Gasteiger partial charge is 0.631 e. The van der Waals surface area contributed by atoms with Crippen molar-refractivity contribution in [2.75, 3.05) is 0 Å². The third-order valence-corrected chi connectivity index (χ3v) is 0. The van der Waals surface area contributed by atoms with Gasteiger partial charge in [0.2, 0.25) is 0 Å². The molecule has 0 radical (unpaired) electrons. The van der Waals surface area contributed by atoms with Crippen LogP contribution in [0.25, 0.3) is 0 Å². The van der Waals surface area contributed by atoms with Gasteiger partial charge in [0.05, 0.1) is 0 Å². The van der Waals surface area contributed by atoms with Crippen molar-refractivity contribution in [3.8, 4) is 0 Å². The Balaban J connectivity index is -0.0000000369. The van der Waals surface area contributed by atoms with Crippen molar-refractivity contribution in [2.24, 2.45) is 0 Å². The summed E-state index contributed by atoms with van der Waals surface area (Å²) in [4.78, 5) is 0. The van der Waals surface area contributed by atoms with Gasteiger partial charge in [-0.05, 0) is 0 Å². The fourth-order valence-corrected chi connectivity index (χ4v) is 0. The van der Waals surface area contributed by atoms with Gasteiger partial charge in [0.25, 0.3) is 0 Å². The van der Waals surface area contributed by atoms with Crippen LogP contribution in [0.15, 0.2) is 0 Å². The van der Waals surface area contributed by atoms with Gasteiger partial charge in [0.1, 0.15) is 0 Å². The SMILES string of the molecule is OB(O)O.OB(O)O.OB(O)O.OB(O)O.[W]. The molecule has 12 N–H and O–H groups in total. The van der Waals surface area contributed by atoms with Crippen LogP contribution in [-0.4, -0.2) is 89.6 Å². The van der Waals surface area contributed by atoms with Gasteiger partial charge in [-0.3, -0.25) is 0 Å². The Bertz CT molecular complexity index is 61.5. The van der Waals surface area contributed by atoms with E-state index in [1.54, 1.807) is 0 Å². The molecule has 0 saturated heterocycles. The fraction of sp³-hybridized carbons (Fsp3) is 0. The molecule has 0 fully saturated rings. The van der Waals surface area contributed by atoms with Crippen LogP contribution in [0.3, 0.4) is 0 Å². The van der Waals surface area contributed by atoms with Crippen LogP contribution in [-0.2, 0) is 21.1 Å². The Kier molecular flexibility index (Phi) is 45.4. The number of hydrogen-bond donors (Lipinski definition) is 12. The molecule has 12 nitrogen and oxygen atoms in total. The third-order valence-electron chi connectivity index (χ3n) is 0. The molecule has 0 rings (SSSR count). The first-order valence-corrected chi connectivity index (χ1v) is 3.10. The fourth-order valence-electron chi connectivity index (χ4n) is 0. The van der Waals surface area contributed by atoms with E-state index in [-0.39, 0.29) is 21.1 Å². The molecular weight excluding hydrogens is 419 g/mol. The van der Waals surface area contributed by atoms with Gasteiger partial charge < -0.3 is 60.3 Å². The van der Waals surface area contributed by atoms with Crippen molar-refractivity contribution in [3.05, 3.63) is 0 Å². The molecule has 0 heterocycles. The topological polar surface area (TPSA) is 243 Å². The summed E-state index contributed by atoms with van der Waals surface area (Å²) in [5, 5.41) is 86.0. The van der Waals surface area contributed by atoms with Crippen molar-refractivity contribution >= 4 is 29.3 Å². The van der Waals surface area contributed by atoms with Crippen LogP contribution in [0.5, 0.6) is 0 Å². The van der Waals surface area contributed by atoms with Crippen LogP contribution >= 0.6 is 0 Å². The monoisotopic (exact) mass is 432 g/mol. The maximum absolute atomic E-state index is 7.17. The molecule has 0 aliphatic carbocycles. The van der Waals surface area contributed by atoms with Crippen LogP contribution in [0.1, 0.15) is 0 Å². The zero-order valence-electron chi connectivity index (χ0n) is 8.08. The van der Waals surface area contributed by atoms with Gasteiger partial charge >= 0.3 is 29.3 Å². The first-order valence-electron chi connectivity index (χ1n) is 3.10. The molecule has 0 atom stereocenters. The van der Waals surface area contributed by atoms with Crippen molar-refractivity contribution in [1.29, 1.82) is 0 Å². The summed E-state index contributed by atoms with van der Waals surface area (Å²) in [5.41, 5.74) is 0. The van der Waals surface area contributed by atoms with E-state index in [9.17, 15) is 0 Å². The Morgan fingerprint density at radius 3 is 0.294 bits per heavy atom. The maximum Gasteiger partial charge on any atom is 0.631 e. The van der Waals surface area contributed by atoms with Crippen molar-refractivity contribution in [2.45, 2.75) is 0 Å². The molecule has 0 aromatic rings. The summed E-state index contributed by atoms with van der Waals surface area (Å²) >= 11 is 0. The maximum atomic E-state index is 7.17. The predicted molar refractivity (Wildman–Crippen MR) is 49.6 cm³/mol.